The van der Waals surface area contributed by atoms with E-state index in [1.54, 1.807) is 6.07 Å². The van der Waals surface area contributed by atoms with Gasteiger partial charge >= 0.3 is 7.82 Å². The molecule has 2 fully saturated rings. The van der Waals surface area contributed by atoms with E-state index >= 15 is 0 Å². The molecule has 10 nitrogen and oxygen atoms in total. The van der Waals surface area contributed by atoms with Crippen LogP contribution in [-0.2, 0) is 18.1 Å². The molecule has 3 aliphatic heterocycles. The molecule has 32 heavy (non-hydrogen) atoms. The Kier molecular flexibility index (Phi) is 5.84. The number of phenolic OH excluding ortho intramolecular Hbond substituents is 1. The molecule has 176 valence electrons. The molecule has 0 radical (unpaired) electrons. The van der Waals surface area contributed by atoms with Crippen LogP contribution in [0.4, 0.5) is 0 Å². The lowest BCUT2D eigenvalue weighted by Crippen LogP contribution is -2.60. The van der Waals surface area contributed by atoms with Crippen molar-refractivity contribution in [2.45, 2.75) is 75.7 Å². The lowest BCUT2D eigenvalue weighted by atomic mass is 9.72. The van der Waals surface area contributed by atoms with Crippen LogP contribution in [0.3, 0.4) is 0 Å². The van der Waals surface area contributed by atoms with E-state index in [0.717, 1.165) is 32.1 Å². The maximum atomic E-state index is 13.1. The van der Waals surface area contributed by atoms with Crippen molar-refractivity contribution in [2.24, 2.45) is 0 Å². The minimum atomic E-state index is -3.86. The van der Waals surface area contributed by atoms with Crippen molar-refractivity contribution in [3.8, 4) is 17.2 Å². The van der Waals surface area contributed by atoms with Crippen LogP contribution in [0.1, 0.15) is 67.3 Å². The quantitative estimate of drug-likeness (QED) is 0.407. The highest BCUT2D eigenvalue weighted by atomic mass is 31.2. The first-order chi connectivity index (χ1) is 15.4. The number of carbonyl (C=O) groups is 1. The van der Waals surface area contributed by atoms with Crippen LogP contribution in [0.5, 0.6) is 17.2 Å². The molecule has 1 aromatic carbocycles. The lowest BCUT2D eigenvalue weighted by Gasteiger charge is -2.43. The number of carbonyl (C=O) groups excluding carboxylic acids is 1. The van der Waals surface area contributed by atoms with Crippen molar-refractivity contribution in [2.75, 3.05) is 13.4 Å². The number of benzene rings is 1. The maximum Gasteiger partial charge on any atom is 0.475 e. The Hall–Kier alpha value is -1.84. The number of fused-ring (bicyclic) bond motifs is 6. The topological polar surface area (TPSA) is 133 Å². The molecule has 3 heterocycles. The summed E-state index contributed by atoms with van der Waals surface area (Å²) in [5.41, 5.74) is 0.617. The van der Waals surface area contributed by atoms with Gasteiger partial charge in [0, 0.05) is 5.92 Å². The summed E-state index contributed by atoms with van der Waals surface area (Å²) in [6.07, 6.45) is 2.55. The number of ether oxygens (including phenoxy) is 2. The van der Waals surface area contributed by atoms with Crippen LogP contribution in [0.2, 0.25) is 0 Å². The largest absolute Gasteiger partial charge is 0.504 e. The summed E-state index contributed by atoms with van der Waals surface area (Å²) in [6.45, 7) is 2.31. The second-order valence-electron chi connectivity index (χ2n) is 8.67. The fourth-order valence-electron chi connectivity index (χ4n) is 5.02. The second kappa shape index (κ2) is 8.50. The minimum absolute atomic E-state index is 0.0509. The van der Waals surface area contributed by atoms with Crippen molar-refractivity contribution in [1.29, 1.82) is 0 Å². The molecule has 1 aliphatic carbocycles. The Morgan fingerprint density at radius 3 is 2.78 bits per heavy atom. The number of hydrogen-bond donors (Lipinski definition) is 3. The molecule has 1 saturated heterocycles. The van der Waals surface area contributed by atoms with Crippen molar-refractivity contribution >= 4 is 13.7 Å². The first-order valence-corrected chi connectivity index (χ1v) is 12.6. The smallest absolute Gasteiger partial charge is 0.475 e. The van der Waals surface area contributed by atoms with Gasteiger partial charge in [-0.3, -0.25) is 18.4 Å². The number of aromatic hydroxyl groups is 1. The number of unbranched alkanes of at least 4 members (excludes halogenated alkanes) is 4. The molecule has 2 unspecified atom stereocenters. The number of nitrogens with one attached hydrogen (secondary N) is 1. The molecule has 0 aromatic heterocycles. The SMILES string of the molecule is CCCCCCCOP1(=O)O[C@@H]2[C@H](O1)[C@@H](O)CC1c3cc4c(c(O)c3C(=O)N[C@H]12)OCO4. The predicted molar refractivity (Wildman–Crippen MR) is 111 cm³/mol. The van der Waals surface area contributed by atoms with Gasteiger partial charge in [0.15, 0.2) is 11.5 Å². The summed E-state index contributed by atoms with van der Waals surface area (Å²) in [5.74, 6) is -0.725. The standard InChI is InChI=1S/C21H28NO9P/c1-2-3-4-5-6-7-29-32(26)30-18-13(23)8-12-11-9-14-19(28-10-27-14)17(24)15(11)21(25)22-16(12)20(18)31-32/h9,12-13,16,18,20,23-24H,2-8,10H2,1H3,(H,22,25)/t12?,13-,16+,18+,20-,32?/m0/s1. The summed E-state index contributed by atoms with van der Waals surface area (Å²) >= 11 is 0. The number of phosphoric acid groups is 1. The van der Waals surface area contributed by atoms with E-state index in [9.17, 15) is 19.6 Å². The van der Waals surface area contributed by atoms with Crippen molar-refractivity contribution in [3.05, 3.63) is 17.2 Å². The van der Waals surface area contributed by atoms with E-state index in [0.29, 0.717) is 11.3 Å². The Labute approximate surface area is 185 Å². The number of aliphatic hydroxyl groups excluding tert-OH is 1. The number of aliphatic hydroxyl groups is 1. The van der Waals surface area contributed by atoms with Crippen LogP contribution in [0, 0.1) is 0 Å². The second-order valence-corrected chi connectivity index (χ2v) is 10.2. The molecular weight excluding hydrogens is 441 g/mol. The molecule has 0 spiro atoms. The summed E-state index contributed by atoms with van der Waals surface area (Å²) in [4.78, 5) is 12.9. The third-order valence-corrected chi connectivity index (χ3v) is 8.08. The van der Waals surface area contributed by atoms with E-state index in [2.05, 4.69) is 12.2 Å². The Bertz CT molecular complexity index is 954. The molecule has 1 amide bonds. The fraction of sp³-hybridized carbons (Fsp3) is 0.667. The van der Waals surface area contributed by atoms with E-state index in [1.807, 2.05) is 0 Å². The van der Waals surface area contributed by atoms with Gasteiger partial charge in [0.1, 0.15) is 12.2 Å². The Balaban J connectivity index is 1.35. The van der Waals surface area contributed by atoms with Gasteiger partial charge in [-0.05, 0) is 24.5 Å². The van der Waals surface area contributed by atoms with Crippen molar-refractivity contribution < 1.29 is 42.6 Å². The van der Waals surface area contributed by atoms with Crippen molar-refractivity contribution in [3.63, 3.8) is 0 Å². The van der Waals surface area contributed by atoms with Gasteiger partial charge < -0.3 is 25.0 Å². The third-order valence-electron chi connectivity index (χ3n) is 6.58. The first kappa shape index (κ1) is 22.0. The maximum absolute atomic E-state index is 13.1. The van der Waals surface area contributed by atoms with E-state index < -0.39 is 44.0 Å². The van der Waals surface area contributed by atoms with Crippen molar-refractivity contribution in [1.82, 2.24) is 5.32 Å². The molecule has 5 rings (SSSR count). The molecule has 0 bridgehead atoms. The third kappa shape index (κ3) is 3.68. The zero-order valence-corrected chi connectivity index (χ0v) is 18.7. The molecule has 1 aromatic rings. The fourth-order valence-corrected chi connectivity index (χ4v) is 6.65. The molecule has 6 atom stereocenters. The molecule has 1 saturated carbocycles. The van der Waals surface area contributed by atoms with Gasteiger partial charge in [-0.15, -0.1) is 0 Å². The number of rotatable bonds is 7. The Morgan fingerprint density at radius 2 is 1.97 bits per heavy atom. The summed E-state index contributed by atoms with van der Waals surface area (Å²) in [5, 5.41) is 24.2. The summed E-state index contributed by atoms with van der Waals surface area (Å²) in [7, 11) is -3.86. The first-order valence-electron chi connectivity index (χ1n) is 11.2. The highest BCUT2D eigenvalue weighted by Gasteiger charge is 2.59. The highest BCUT2D eigenvalue weighted by molar-refractivity contribution is 7.48. The highest BCUT2D eigenvalue weighted by Crippen LogP contribution is 2.62. The minimum Gasteiger partial charge on any atom is -0.504 e. The van der Waals surface area contributed by atoms with Crippen LogP contribution in [0.15, 0.2) is 6.07 Å². The lowest BCUT2D eigenvalue weighted by molar-refractivity contribution is -0.0373. The van der Waals surface area contributed by atoms with Gasteiger partial charge in [-0.2, -0.15) is 0 Å². The molecule has 4 aliphatic rings. The number of amides is 1. The van der Waals surface area contributed by atoms with Gasteiger partial charge in [0.05, 0.1) is 24.3 Å². The molecular formula is C21H28NO9P. The van der Waals surface area contributed by atoms with Gasteiger partial charge in [0.2, 0.25) is 12.5 Å². The average molecular weight is 469 g/mol. The van der Waals surface area contributed by atoms with Crippen LogP contribution in [-0.4, -0.2) is 53.9 Å². The zero-order chi connectivity index (χ0) is 22.5. The van der Waals surface area contributed by atoms with Crippen LogP contribution < -0.4 is 14.8 Å². The van der Waals surface area contributed by atoms with E-state index in [-0.39, 0.29) is 36.9 Å². The zero-order valence-electron chi connectivity index (χ0n) is 17.8. The number of hydrogen-bond acceptors (Lipinski definition) is 9. The average Bonchev–Trinajstić information content (AvgIpc) is 3.37. The monoisotopic (exact) mass is 469 g/mol. The summed E-state index contributed by atoms with van der Waals surface area (Å²) in [6, 6.07) is 1.05. The Morgan fingerprint density at radius 1 is 1.19 bits per heavy atom. The van der Waals surface area contributed by atoms with Crippen LogP contribution >= 0.6 is 7.82 Å². The normalized spacial score (nSPS) is 34.6. The van der Waals surface area contributed by atoms with Gasteiger partial charge in [0.25, 0.3) is 5.91 Å². The predicted octanol–water partition coefficient (Wildman–Crippen LogP) is 2.96. The summed E-state index contributed by atoms with van der Waals surface area (Å²) < 4.78 is 40.5. The van der Waals surface area contributed by atoms with E-state index in [4.69, 9.17) is 23.0 Å². The molecule has 11 heteroatoms. The molecule has 3 N–H and O–H groups in total. The van der Waals surface area contributed by atoms with Crippen LogP contribution in [0.25, 0.3) is 0 Å². The van der Waals surface area contributed by atoms with E-state index in [1.165, 1.54) is 0 Å². The van der Waals surface area contributed by atoms with Gasteiger partial charge in [-0.1, -0.05) is 32.6 Å². The van der Waals surface area contributed by atoms with Gasteiger partial charge in [-0.25, -0.2) is 4.57 Å². The number of phenols is 1. The number of phosphoric ester groups is 1.